The van der Waals surface area contributed by atoms with Crippen LogP contribution >= 0.6 is 43.6 Å². The maximum Gasteiger partial charge on any atom is 0.166 e. The van der Waals surface area contributed by atoms with Gasteiger partial charge in [-0.05, 0) is 54.0 Å². The van der Waals surface area contributed by atoms with E-state index in [1.165, 1.54) is 32.4 Å². The molecule has 3 nitrogen and oxygen atoms in total. The number of aromatic nitrogens is 2. The number of hydrogen-bond donors (Lipinski definition) is 1. The molecule has 3 rings (SSSR count). The number of nitrogens with one attached hydrogen (secondary N) is 1. The summed E-state index contributed by atoms with van der Waals surface area (Å²) < 4.78 is 2.09. The van der Waals surface area contributed by atoms with Crippen molar-refractivity contribution in [2.75, 3.05) is 25.4 Å². The first-order valence-corrected chi connectivity index (χ1v) is 9.49. The number of hydrogen-bond acceptors (Lipinski definition) is 3. The fourth-order valence-electron chi connectivity index (χ4n) is 2.54. The summed E-state index contributed by atoms with van der Waals surface area (Å²) in [4.78, 5) is 10.6. The van der Waals surface area contributed by atoms with E-state index in [1.54, 1.807) is 0 Å². The zero-order valence-electron chi connectivity index (χ0n) is 11.2. The third-order valence-electron chi connectivity index (χ3n) is 3.58. The molecule has 108 valence electrons. The van der Waals surface area contributed by atoms with Crippen LogP contribution in [0.15, 0.2) is 26.2 Å². The van der Waals surface area contributed by atoms with E-state index in [1.807, 2.05) is 17.8 Å². The number of benzene rings is 1. The zero-order chi connectivity index (χ0) is 13.9. The largest absolute Gasteiger partial charge is 0.333 e. The Morgan fingerprint density at radius 1 is 1.20 bits per heavy atom. The molecule has 0 amide bonds. The summed E-state index contributed by atoms with van der Waals surface area (Å²) in [5.41, 5.74) is 2.08. The van der Waals surface area contributed by atoms with E-state index >= 15 is 0 Å². The minimum atomic E-state index is 1.01. The van der Waals surface area contributed by atoms with Crippen LogP contribution in [0.25, 0.3) is 11.0 Å². The predicted octanol–water partition coefficient (Wildman–Crippen LogP) is 4.67. The van der Waals surface area contributed by atoms with Gasteiger partial charge in [0, 0.05) is 21.2 Å². The molecule has 20 heavy (non-hydrogen) atoms. The molecular formula is C14H17Br2N3S. The lowest BCUT2D eigenvalue weighted by Crippen LogP contribution is -2.31. The topological polar surface area (TPSA) is 31.9 Å². The number of aromatic amines is 1. The molecule has 1 saturated heterocycles. The number of likely N-dealkylation sites (tertiary alicyclic amines) is 1. The monoisotopic (exact) mass is 417 g/mol. The Morgan fingerprint density at radius 3 is 2.80 bits per heavy atom. The van der Waals surface area contributed by atoms with Crippen molar-refractivity contribution in [2.45, 2.75) is 24.4 Å². The van der Waals surface area contributed by atoms with E-state index < -0.39 is 0 Å². The van der Waals surface area contributed by atoms with Crippen LogP contribution in [0.3, 0.4) is 0 Å². The van der Waals surface area contributed by atoms with Gasteiger partial charge in [-0.1, -0.05) is 34.1 Å². The molecule has 0 atom stereocenters. The summed E-state index contributed by atoms with van der Waals surface area (Å²) in [5, 5.41) is 1.01. The van der Waals surface area contributed by atoms with Gasteiger partial charge in [0.05, 0.1) is 5.52 Å². The molecule has 2 heterocycles. The van der Waals surface area contributed by atoms with Crippen LogP contribution in [-0.2, 0) is 0 Å². The van der Waals surface area contributed by atoms with Crippen LogP contribution in [-0.4, -0.2) is 40.3 Å². The molecule has 0 spiro atoms. The van der Waals surface area contributed by atoms with Gasteiger partial charge in [0.2, 0.25) is 0 Å². The van der Waals surface area contributed by atoms with Gasteiger partial charge in [0.1, 0.15) is 5.52 Å². The number of fused-ring (bicyclic) bond motifs is 1. The Bertz CT molecular complexity index is 593. The first kappa shape index (κ1) is 14.9. The average molecular weight is 419 g/mol. The third-order valence-corrected chi connectivity index (χ3v) is 5.49. The quantitative estimate of drug-likeness (QED) is 0.732. The number of thioether (sulfide) groups is 1. The molecule has 2 aromatic rings. The Hall–Kier alpha value is -0.0400. The molecule has 1 aliphatic rings. The summed E-state index contributed by atoms with van der Waals surface area (Å²) in [7, 11) is 0. The Morgan fingerprint density at radius 2 is 2.00 bits per heavy atom. The van der Waals surface area contributed by atoms with Gasteiger partial charge < -0.3 is 9.88 Å². The number of imidazole rings is 1. The first-order chi connectivity index (χ1) is 9.72. The van der Waals surface area contributed by atoms with Crippen molar-refractivity contribution in [1.82, 2.24) is 14.9 Å². The second-order valence-corrected chi connectivity index (χ2v) is 7.93. The molecule has 0 bridgehead atoms. The van der Waals surface area contributed by atoms with Crippen molar-refractivity contribution < 1.29 is 0 Å². The number of halogens is 2. The van der Waals surface area contributed by atoms with E-state index in [-0.39, 0.29) is 0 Å². The SMILES string of the molecule is Brc1cc(Br)c2nc(SCCN3CCCCC3)[nH]c2c1. The third kappa shape index (κ3) is 3.59. The lowest BCUT2D eigenvalue weighted by molar-refractivity contribution is 0.242. The average Bonchev–Trinajstić information content (AvgIpc) is 2.83. The molecule has 1 fully saturated rings. The van der Waals surface area contributed by atoms with Gasteiger partial charge >= 0.3 is 0 Å². The van der Waals surface area contributed by atoms with E-state index in [0.29, 0.717) is 0 Å². The van der Waals surface area contributed by atoms with Gasteiger partial charge in [-0.3, -0.25) is 0 Å². The van der Waals surface area contributed by atoms with Gasteiger partial charge in [0.15, 0.2) is 5.16 Å². The van der Waals surface area contributed by atoms with E-state index in [2.05, 4.69) is 52.8 Å². The van der Waals surface area contributed by atoms with Crippen LogP contribution in [0.4, 0.5) is 0 Å². The van der Waals surface area contributed by atoms with Crippen LogP contribution in [0, 0.1) is 0 Å². The summed E-state index contributed by atoms with van der Waals surface area (Å²) in [5.74, 6) is 1.10. The smallest absolute Gasteiger partial charge is 0.166 e. The lowest BCUT2D eigenvalue weighted by atomic mass is 10.1. The zero-order valence-corrected chi connectivity index (χ0v) is 15.2. The van der Waals surface area contributed by atoms with Gasteiger partial charge in [0.25, 0.3) is 0 Å². The first-order valence-electron chi connectivity index (χ1n) is 6.92. The second kappa shape index (κ2) is 6.81. The van der Waals surface area contributed by atoms with Crippen molar-refractivity contribution in [3.05, 3.63) is 21.1 Å². The summed E-state index contributed by atoms with van der Waals surface area (Å²) >= 11 is 8.88. The summed E-state index contributed by atoms with van der Waals surface area (Å²) in [6.45, 7) is 3.69. The van der Waals surface area contributed by atoms with Crippen LogP contribution in [0.2, 0.25) is 0 Å². The summed E-state index contributed by atoms with van der Waals surface area (Å²) in [6.07, 6.45) is 4.11. The highest BCUT2D eigenvalue weighted by Crippen LogP contribution is 2.29. The highest BCUT2D eigenvalue weighted by Gasteiger charge is 2.11. The highest BCUT2D eigenvalue weighted by atomic mass is 79.9. The maximum atomic E-state index is 4.66. The number of piperidine rings is 1. The fraction of sp³-hybridized carbons (Fsp3) is 0.500. The maximum absolute atomic E-state index is 4.66. The molecule has 1 aromatic heterocycles. The lowest BCUT2D eigenvalue weighted by Gasteiger charge is -2.25. The molecule has 1 aromatic carbocycles. The Kier molecular flexibility index (Phi) is 5.07. The number of nitrogens with zero attached hydrogens (tertiary/aromatic N) is 2. The van der Waals surface area contributed by atoms with Crippen LogP contribution in [0.1, 0.15) is 19.3 Å². The molecule has 1 N–H and O–H groups in total. The molecule has 0 radical (unpaired) electrons. The Balaban J connectivity index is 1.61. The second-order valence-electron chi connectivity index (χ2n) is 5.08. The minimum Gasteiger partial charge on any atom is -0.333 e. The summed E-state index contributed by atoms with van der Waals surface area (Å²) in [6, 6.07) is 4.10. The van der Waals surface area contributed by atoms with Crippen molar-refractivity contribution >= 4 is 54.7 Å². The van der Waals surface area contributed by atoms with E-state index in [9.17, 15) is 0 Å². The van der Waals surface area contributed by atoms with E-state index in [4.69, 9.17) is 0 Å². The van der Waals surface area contributed by atoms with Gasteiger partial charge in [-0.25, -0.2) is 4.98 Å². The van der Waals surface area contributed by atoms with Crippen molar-refractivity contribution in [2.24, 2.45) is 0 Å². The fourth-order valence-corrected chi connectivity index (χ4v) is 4.74. The number of rotatable bonds is 4. The Labute approximate surface area is 140 Å². The molecule has 6 heteroatoms. The highest BCUT2D eigenvalue weighted by molar-refractivity contribution is 9.11. The van der Waals surface area contributed by atoms with Crippen LogP contribution < -0.4 is 0 Å². The van der Waals surface area contributed by atoms with Crippen molar-refractivity contribution in [3.63, 3.8) is 0 Å². The standard InChI is InChI=1S/C14H17Br2N3S/c15-10-8-11(16)13-12(9-10)17-14(18-13)20-7-6-19-4-2-1-3-5-19/h8-9H,1-7H2,(H,17,18). The molecule has 0 saturated carbocycles. The molecular weight excluding hydrogens is 402 g/mol. The van der Waals surface area contributed by atoms with Crippen molar-refractivity contribution in [3.8, 4) is 0 Å². The van der Waals surface area contributed by atoms with Crippen LogP contribution in [0.5, 0.6) is 0 Å². The predicted molar refractivity (Wildman–Crippen MR) is 92.5 cm³/mol. The van der Waals surface area contributed by atoms with E-state index in [0.717, 1.165) is 37.4 Å². The van der Waals surface area contributed by atoms with Gasteiger partial charge in [-0.2, -0.15) is 0 Å². The normalized spacial score (nSPS) is 16.9. The number of H-pyrrole nitrogens is 1. The van der Waals surface area contributed by atoms with Crippen molar-refractivity contribution in [1.29, 1.82) is 0 Å². The molecule has 0 aliphatic carbocycles. The molecule has 0 unspecified atom stereocenters. The van der Waals surface area contributed by atoms with Gasteiger partial charge in [-0.15, -0.1) is 0 Å². The minimum absolute atomic E-state index is 1.01. The molecule has 1 aliphatic heterocycles.